The third-order valence-corrected chi connectivity index (χ3v) is 4.39. The number of likely N-dealkylation sites (N-methyl/N-ethyl adjacent to an activating group) is 1. The zero-order chi connectivity index (χ0) is 19.6. The number of aliphatic imine (C=N–C) groups is 1. The fourth-order valence-corrected chi connectivity index (χ4v) is 2.55. The predicted octanol–water partition coefficient (Wildman–Crippen LogP) is 0.590. The van der Waals surface area contributed by atoms with Gasteiger partial charge in [-0.2, -0.15) is 0 Å². The average molecular weight is 379 g/mol. The molecule has 1 aliphatic heterocycles. The largest absolute Gasteiger partial charge is 0.379 e. The fourth-order valence-electron chi connectivity index (χ4n) is 2.55. The van der Waals surface area contributed by atoms with Crippen LogP contribution in [-0.2, 0) is 16.1 Å². The number of guanidine groups is 1. The Bertz CT molecular complexity index is 645. The van der Waals surface area contributed by atoms with Gasteiger partial charge in [0.2, 0.25) is 5.91 Å². The molecule has 27 heavy (non-hydrogen) atoms. The maximum absolute atomic E-state index is 13.7. The molecule has 1 aliphatic rings. The number of rotatable bonds is 7. The van der Waals surface area contributed by atoms with Crippen molar-refractivity contribution in [3.05, 3.63) is 35.1 Å². The summed E-state index contributed by atoms with van der Waals surface area (Å²) in [6, 6.07) is 5.10. The zero-order valence-corrected chi connectivity index (χ0v) is 16.4. The van der Waals surface area contributed by atoms with Crippen LogP contribution in [-0.4, -0.2) is 81.7 Å². The number of hydrogen-bond donors (Lipinski definition) is 2. The normalized spacial score (nSPS) is 15.5. The Hall–Kier alpha value is -2.19. The first-order valence-corrected chi connectivity index (χ1v) is 9.23. The van der Waals surface area contributed by atoms with Crippen LogP contribution in [0.4, 0.5) is 4.39 Å². The average Bonchev–Trinajstić information content (AvgIpc) is 2.66. The Labute approximate surface area is 160 Å². The smallest absolute Gasteiger partial charge is 0.241 e. The second-order valence-electron chi connectivity index (χ2n) is 6.77. The summed E-state index contributed by atoms with van der Waals surface area (Å²) in [5, 5.41) is 6.30. The molecular weight excluding hydrogens is 349 g/mol. The lowest BCUT2D eigenvalue weighted by Gasteiger charge is -2.26. The van der Waals surface area contributed by atoms with Crippen LogP contribution >= 0.6 is 0 Å². The van der Waals surface area contributed by atoms with Crippen LogP contribution in [0.5, 0.6) is 0 Å². The number of hydrogen-bond acceptors (Lipinski definition) is 4. The van der Waals surface area contributed by atoms with Crippen molar-refractivity contribution in [1.29, 1.82) is 0 Å². The summed E-state index contributed by atoms with van der Waals surface area (Å²) in [7, 11) is 3.42. The Morgan fingerprint density at radius 2 is 2.04 bits per heavy atom. The topological polar surface area (TPSA) is 69.2 Å². The molecular formula is C19H30FN5O2. The van der Waals surface area contributed by atoms with Crippen molar-refractivity contribution in [3.63, 3.8) is 0 Å². The minimum atomic E-state index is -0.236. The van der Waals surface area contributed by atoms with E-state index in [1.54, 1.807) is 27.1 Å². The van der Waals surface area contributed by atoms with E-state index < -0.39 is 0 Å². The molecule has 0 aliphatic carbocycles. The molecule has 0 aromatic heterocycles. The number of nitrogens with one attached hydrogen (secondary N) is 2. The lowest BCUT2D eigenvalue weighted by molar-refractivity contribution is -0.127. The third kappa shape index (κ3) is 7.52. The van der Waals surface area contributed by atoms with E-state index in [1.807, 2.05) is 6.07 Å². The molecule has 8 heteroatoms. The van der Waals surface area contributed by atoms with Crippen molar-refractivity contribution >= 4 is 11.9 Å². The summed E-state index contributed by atoms with van der Waals surface area (Å²) in [5.41, 5.74) is 1.40. The molecule has 0 saturated carbocycles. The van der Waals surface area contributed by atoms with Crippen molar-refractivity contribution in [2.24, 2.45) is 4.99 Å². The molecule has 2 N–H and O–H groups in total. The molecule has 1 aromatic carbocycles. The maximum Gasteiger partial charge on any atom is 0.241 e. The number of halogens is 1. The van der Waals surface area contributed by atoms with Crippen LogP contribution in [0, 0.1) is 12.7 Å². The molecule has 0 bridgehead atoms. The van der Waals surface area contributed by atoms with Crippen molar-refractivity contribution in [2.45, 2.75) is 13.5 Å². The summed E-state index contributed by atoms with van der Waals surface area (Å²) in [5.74, 6) is 0.263. The lowest BCUT2D eigenvalue weighted by Crippen LogP contribution is -2.46. The van der Waals surface area contributed by atoms with Crippen LogP contribution in [0.3, 0.4) is 0 Å². The van der Waals surface area contributed by atoms with Crippen LogP contribution < -0.4 is 10.6 Å². The molecule has 0 unspecified atom stereocenters. The lowest BCUT2D eigenvalue weighted by atomic mass is 10.1. The van der Waals surface area contributed by atoms with Crippen LogP contribution in [0.1, 0.15) is 11.1 Å². The maximum atomic E-state index is 13.7. The highest BCUT2D eigenvalue weighted by atomic mass is 19.1. The molecule has 0 spiro atoms. The molecule has 1 saturated heterocycles. The predicted molar refractivity (Wildman–Crippen MR) is 104 cm³/mol. The summed E-state index contributed by atoms with van der Waals surface area (Å²) in [6.45, 7) is 7.14. The van der Waals surface area contributed by atoms with E-state index in [-0.39, 0.29) is 18.3 Å². The number of morpholine rings is 1. The van der Waals surface area contributed by atoms with Gasteiger partial charge in [0.1, 0.15) is 5.82 Å². The molecule has 0 radical (unpaired) electrons. The first-order chi connectivity index (χ1) is 13.0. The number of ether oxygens (including phenoxy) is 1. The van der Waals surface area contributed by atoms with E-state index in [2.05, 4.69) is 20.5 Å². The summed E-state index contributed by atoms with van der Waals surface area (Å²) in [4.78, 5) is 20.2. The van der Waals surface area contributed by atoms with Crippen LogP contribution in [0.15, 0.2) is 23.2 Å². The standard InChI is InChI=1S/C19H30FN5O2/c1-15-4-5-16(12-17(15)20)13-22-19(23-14-18(26)24(2)3)21-6-7-25-8-10-27-11-9-25/h4-5,12H,6-11,13-14H2,1-3H3,(H2,21,22,23). The molecule has 1 heterocycles. The first-order valence-electron chi connectivity index (χ1n) is 9.23. The van der Waals surface area contributed by atoms with E-state index in [1.165, 1.54) is 11.0 Å². The van der Waals surface area contributed by atoms with Gasteiger partial charge in [-0.3, -0.25) is 9.69 Å². The number of carbonyl (C=O) groups is 1. The van der Waals surface area contributed by atoms with E-state index in [9.17, 15) is 9.18 Å². The highest BCUT2D eigenvalue weighted by molar-refractivity contribution is 5.86. The summed E-state index contributed by atoms with van der Waals surface area (Å²) < 4.78 is 19.1. The van der Waals surface area contributed by atoms with Gasteiger partial charge in [-0.1, -0.05) is 12.1 Å². The van der Waals surface area contributed by atoms with Gasteiger partial charge < -0.3 is 20.3 Å². The van der Waals surface area contributed by atoms with Gasteiger partial charge in [-0.15, -0.1) is 0 Å². The van der Waals surface area contributed by atoms with E-state index in [0.29, 0.717) is 24.6 Å². The Kier molecular flexibility index (Phi) is 8.47. The number of amides is 1. The summed E-state index contributed by atoms with van der Waals surface area (Å²) in [6.07, 6.45) is 0. The molecule has 150 valence electrons. The first kappa shape index (κ1) is 21.1. The molecule has 1 fully saturated rings. The molecule has 1 amide bonds. The third-order valence-electron chi connectivity index (χ3n) is 4.39. The van der Waals surface area contributed by atoms with E-state index >= 15 is 0 Å². The monoisotopic (exact) mass is 379 g/mol. The van der Waals surface area contributed by atoms with Gasteiger partial charge in [0.05, 0.1) is 26.3 Å². The van der Waals surface area contributed by atoms with Gasteiger partial charge in [0, 0.05) is 40.3 Å². The van der Waals surface area contributed by atoms with Crippen molar-refractivity contribution in [3.8, 4) is 0 Å². The molecule has 1 aromatic rings. The molecule has 0 atom stereocenters. The van der Waals surface area contributed by atoms with Gasteiger partial charge >= 0.3 is 0 Å². The number of carbonyl (C=O) groups excluding carboxylic acids is 1. The van der Waals surface area contributed by atoms with Gasteiger partial charge in [-0.05, 0) is 24.1 Å². The van der Waals surface area contributed by atoms with Crippen LogP contribution in [0.2, 0.25) is 0 Å². The van der Waals surface area contributed by atoms with Crippen molar-refractivity contribution in [2.75, 3.05) is 60.0 Å². The van der Waals surface area contributed by atoms with E-state index in [0.717, 1.165) is 38.4 Å². The minimum absolute atomic E-state index is 0.0425. The second-order valence-corrected chi connectivity index (χ2v) is 6.77. The van der Waals surface area contributed by atoms with Gasteiger partial charge in [0.25, 0.3) is 0 Å². The summed E-state index contributed by atoms with van der Waals surface area (Å²) >= 11 is 0. The fraction of sp³-hybridized carbons (Fsp3) is 0.579. The van der Waals surface area contributed by atoms with Crippen molar-refractivity contribution < 1.29 is 13.9 Å². The highest BCUT2D eigenvalue weighted by Gasteiger charge is 2.10. The zero-order valence-electron chi connectivity index (χ0n) is 16.4. The number of aryl methyl sites for hydroxylation is 1. The quantitative estimate of drug-likeness (QED) is 0.536. The second kappa shape index (κ2) is 10.8. The Morgan fingerprint density at radius 3 is 2.70 bits per heavy atom. The van der Waals surface area contributed by atoms with Crippen LogP contribution in [0.25, 0.3) is 0 Å². The number of nitrogens with zero attached hydrogens (tertiary/aromatic N) is 3. The number of benzene rings is 1. The Morgan fingerprint density at radius 1 is 1.30 bits per heavy atom. The Balaban J connectivity index is 1.92. The molecule has 2 rings (SSSR count). The molecule has 7 nitrogen and oxygen atoms in total. The van der Waals surface area contributed by atoms with Gasteiger partial charge in [-0.25, -0.2) is 9.38 Å². The highest BCUT2D eigenvalue weighted by Crippen LogP contribution is 2.09. The van der Waals surface area contributed by atoms with Gasteiger partial charge in [0.15, 0.2) is 5.96 Å². The SMILES string of the molecule is Cc1ccc(CN=C(NCCN2CCOCC2)NCC(=O)N(C)C)cc1F. The minimum Gasteiger partial charge on any atom is -0.379 e. The van der Waals surface area contributed by atoms with Crippen molar-refractivity contribution in [1.82, 2.24) is 20.4 Å². The van der Waals surface area contributed by atoms with E-state index in [4.69, 9.17) is 4.74 Å².